The molecule has 0 amide bonds. The maximum Gasteiger partial charge on any atom is 0.387 e. The number of hydrogen-bond donors (Lipinski definition) is 1. The Balaban J connectivity index is 3.14. The lowest BCUT2D eigenvalue weighted by molar-refractivity contribution is -0.132. The summed E-state index contributed by atoms with van der Waals surface area (Å²) in [5.41, 5.74) is -0.456. The highest BCUT2D eigenvalue weighted by Crippen LogP contribution is 2.22. The van der Waals surface area contributed by atoms with E-state index in [2.05, 4.69) is 4.74 Å². The lowest BCUT2D eigenvalue weighted by Gasteiger charge is -2.07. The maximum absolute atomic E-state index is 12.1. The van der Waals surface area contributed by atoms with Gasteiger partial charge in [0.2, 0.25) is 0 Å². The van der Waals surface area contributed by atoms with Crippen LogP contribution >= 0.6 is 0 Å². The van der Waals surface area contributed by atoms with E-state index in [-0.39, 0.29) is 11.3 Å². The number of nitriles is 1. The molecule has 1 N–H and O–H groups in total. The second-order valence-electron chi connectivity index (χ2n) is 2.89. The molecule has 0 spiro atoms. The Kier molecular flexibility index (Phi) is 4.17. The average Bonchev–Trinajstić information content (AvgIpc) is 2.26. The number of benzene rings is 1. The van der Waals surface area contributed by atoms with Crippen LogP contribution in [0.1, 0.15) is 5.56 Å². The zero-order chi connectivity index (χ0) is 12.8. The standard InChI is InChI=1S/C11H7F2NO3/c12-11(13)17-9-4-2-1-3-7(9)5-8(6-14)10(15)16/h1-5,11H,(H,15,16). The number of alkyl halides is 2. The number of nitrogens with zero attached hydrogens (tertiary/aromatic N) is 1. The van der Waals surface area contributed by atoms with Crippen molar-refractivity contribution in [1.29, 1.82) is 5.26 Å². The predicted molar refractivity (Wildman–Crippen MR) is 54.3 cm³/mol. The highest BCUT2D eigenvalue weighted by atomic mass is 19.3. The molecule has 1 aromatic carbocycles. The van der Waals surface area contributed by atoms with Crippen LogP contribution in [0.15, 0.2) is 29.8 Å². The number of carboxylic acid groups (broad SMARTS) is 1. The summed E-state index contributed by atoms with van der Waals surface area (Å²) in [6, 6.07) is 7.06. The van der Waals surface area contributed by atoms with Crippen molar-refractivity contribution in [2.24, 2.45) is 0 Å². The van der Waals surface area contributed by atoms with E-state index in [0.717, 1.165) is 6.08 Å². The molecule has 0 aliphatic carbocycles. The van der Waals surface area contributed by atoms with Gasteiger partial charge in [0.15, 0.2) is 0 Å². The van der Waals surface area contributed by atoms with Gasteiger partial charge in [0.25, 0.3) is 0 Å². The monoisotopic (exact) mass is 239 g/mol. The average molecular weight is 239 g/mol. The molecule has 6 heteroatoms. The van der Waals surface area contributed by atoms with Crippen molar-refractivity contribution in [2.45, 2.75) is 6.61 Å². The molecule has 1 aromatic rings. The molecule has 17 heavy (non-hydrogen) atoms. The molecule has 88 valence electrons. The van der Waals surface area contributed by atoms with Gasteiger partial charge in [0.05, 0.1) is 0 Å². The summed E-state index contributed by atoms with van der Waals surface area (Å²) in [7, 11) is 0. The van der Waals surface area contributed by atoms with Gasteiger partial charge >= 0.3 is 12.6 Å². The Hall–Kier alpha value is -2.42. The van der Waals surface area contributed by atoms with Crippen LogP contribution in [-0.4, -0.2) is 17.7 Å². The number of carbonyl (C=O) groups is 1. The summed E-state index contributed by atoms with van der Waals surface area (Å²) in [5, 5.41) is 17.2. The van der Waals surface area contributed by atoms with E-state index in [1.54, 1.807) is 0 Å². The van der Waals surface area contributed by atoms with Crippen molar-refractivity contribution < 1.29 is 23.4 Å². The summed E-state index contributed by atoms with van der Waals surface area (Å²) < 4.78 is 28.3. The highest BCUT2D eigenvalue weighted by molar-refractivity contribution is 5.96. The number of ether oxygens (including phenoxy) is 1. The second kappa shape index (κ2) is 5.61. The van der Waals surface area contributed by atoms with Crippen LogP contribution in [0.2, 0.25) is 0 Å². The third kappa shape index (κ3) is 3.57. The fourth-order valence-electron chi connectivity index (χ4n) is 1.10. The zero-order valence-corrected chi connectivity index (χ0v) is 8.43. The van der Waals surface area contributed by atoms with E-state index in [4.69, 9.17) is 10.4 Å². The lowest BCUT2D eigenvalue weighted by Crippen LogP contribution is -2.04. The minimum Gasteiger partial charge on any atom is -0.477 e. The van der Waals surface area contributed by atoms with Gasteiger partial charge in [-0.15, -0.1) is 0 Å². The summed E-state index contributed by atoms with van der Waals surface area (Å²) in [4.78, 5) is 10.6. The van der Waals surface area contributed by atoms with Crippen molar-refractivity contribution in [3.63, 3.8) is 0 Å². The summed E-state index contributed by atoms with van der Waals surface area (Å²) in [5.74, 6) is -1.61. The van der Waals surface area contributed by atoms with Crippen LogP contribution in [0, 0.1) is 11.3 Å². The number of rotatable bonds is 4. The van der Waals surface area contributed by atoms with Gasteiger partial charge in [0, 0.05) is 5.56 Å². The maximum atomic E-state index is 12.1. The number of carboxylic acids is 1. The first kappa shape index (κ1) is 12.6. The fraction of sp³-hybridized carbons (Fsp3) is 0.0909. The molecule has 0 aromatic heterocycles. The summed E-state index contributed by atoms with van der Waals surface area (Å²) in [6.07, 6.45) is 0.972. The minimum atomic E-state index is -3.01. The van der Waals surface area contributed by atoms with Crippen LogP contribution in [0.25, 0.3) is 6.08 Å². The Morgan fingerprint density at radius 2 is 2.12 bits per heavy atom. The van der Waals surface area contributed by atoms with Crippen molar-refractivity contribution >= 4 is 12.0 Å². The molecule has 0 saturated carbocycles. The van der Waals surface area contributed by atoms with Crippen LogP contribution < -0.4 is 4.74 Å². The van der Waals surface area contributed by atoms with E-state index >= 15 is 0 Å². The zero-order valence-electron chi connectivity index (χ0n) is 8.43. The molecule has 4 nitrogen and oxygen atoms in total. The molecule has 0 saturated heterocycles. The SMILES string of the molecule is N#CC(=Cc1ccccc1OC(F)F)C(=O)O. The topological polar surface area (TPSA) is 70.3 Å². The Labute approximate surface area is 95.4 Å². The van der Waals surface area contributed by atoms with Crippen LogP contribution in [0.5, 0.6) is 5.75 Å². The molecule has 0 unspecified atom stereocenters. The molecular formula is C11H7F2NO3. The van der Waals surface area contributed by atoms with Gasteiger partial charge in [0.1, 0.15) is 17.4 Å². The van der Waals surface area contributed by atoms with Gasteiger partial charge < -0.3 is 9.84 Å². The molecule has 0 heterocycles. The molecule has 1 rings (SSSR count). The van der Waals surface area contributed by atoms with Gasteiger partial charge in [-0.05, 0) is 12.1 Å². The number of halogens is 2. The molecule has 0 radical (unpaired) electrons. The van der Waals surface area contributed by atoms with Crippen molar-refractivity contribution in [2.75, 3.05) is 0 Å². The Morgan fingerprint density at radius 3 is 2.65 bits per heavy atom. The smallest absolute Gasteiger partial charge is 0.387 e. The summed E-state index contributed by atoms with van der Waals surface area (Å²) >= 11 is 0. The lowest BCUT2D eigenvalue weighted by atomic mass is 10.1. The summed E-state index contributed by atoms with van der Waals surface area (Å²) in [6.45, 7) is -3.01. The van der Waals surface area contributed by atoms with Crippen LogP contribution in [0.4, 0.5) is 8.78 Å². The van der Waals surface area contributed by atoms with E-state index in [1.165, 1.54) is 30.3 Å². The highest BCUT2D eigenvalue weighted by Gasteiger charge is 2.11. The van der Waals surface area contributed by atoms with Gasteiger partial charge in [-0.2, -0.15) is 14.0 Å². The van der Waals surface area contributed by atoms with Crippen molar-refractivity contribution in [3.05, 3.63) is 35.4 Å². The van der Waals surface area contributed by atoms with E-state index in [1.807, 2.05) is 0 Å². The first-order chi connectivity index (χ1) is 8.04. The molecule has 0 aliphatic rings. The molecule has 0 aliphatic heterocycles. The third-order valence-electron chi connectivity index (χ3n) is 1.79. The fourth-order valence-corrected chi connectivity index (χ4v) is 1.10. The Morgan fingerprint density at radius 1 is 1.47 bits per heavy atom. The Bertz CT molecular complexity index is 492. The largest absolute Gasteiger partial charge is 0.477 e. The quantitative estimate of drug-likeness (QED) is 0.646. The van der Waals surface area contributed by atoms with E-state index < -0.39 is 18.2 Å². The van der Waals surface area contributed by atoms with Crippen LogP contribution in [0.3, 0.4) is 0 Å². The predicted octanol–water partition coefficient (Wildman–Crippen LogP) is 2.28. The van der Waals surface area contributed by atoms with Crippen molar-refractivity contribution in [1.82, 2.24) is 0 Å². The van der Waals surface area contributed by atoms with E-state index in [0.29, 0.717) is 0 Å². The molecule has 0 atom stereocenters. The molecule has 0 bridgehead atoms. The number of hydrogen-bond acceptors (Lipinski definition) is 3. The minimum absolute atomic E-state index is 0.103. The number of para-hydroxylation sites is 1. The van der Waals surface area contributed by atoms with Gasteiger partial charge in [-0.1, -0.05) is 18.2 Å². The second-order valence-corrected chi connectivity index (χ2v) is 2.89. The van der Waals surface area contributed by atoms with E-state index in [9.17, 15) is 13.6 Å². The van der Waals surface area contributed by atoms with Crippen LogP contribution in [-0.2, 0) is 4.79 Å². The molecular weight excluding hydrogens is 232 g/mol. The van der Waals surface area contributed by atoms with Gasteiger partial charge in [-0.3, -0.25) is 0 Å². The third-order valence-corrected chi connectivity index (χ3v) is 1.79. The van der Waals surface area contributed by atoms with Crippen molar-refractivity contribution in [3.8, 4) is 11.8 Å². The first-order valence-corrected chi connectivity index (χ1v) is 4.43. The van der Waals surface area contributed by atoms with Gasteiger partial charge in [-0.25, -0.2) is 4.79 Å². The normalized spacial score (nSPS) is 11.1. The molecule has 0 fully saturated rings. The first-order valence-electron chi connectivity index (χ1n) is 4.43. The number of aliphatic carboxylic acids is 1.